The Morgan fingerprint density at radius 3 is 2.45 bits per heavy atom. The molecule has 0 spiro atoms. The van der Waals surface area contributed by atoms with E-state index in [9.17, 15) is 18.0 Å². The Morgan fingerprint density at radius 1 is 1.40 bits per heavy atom. The highest BCUT2D eigenvalue weighted by atomic mass is 127. The Bertz CT molecular complexity index is 644. The summed E-state index contributed by atoms with van der Waals surface area (Å²) in [7, 11) is -3.95. The van der Waals surface area contributed by atoms with Crippen LogP contribution in [0.4, 0.5) is 0 Å². The third-order valence-electron chi connectivity index (χ3n) is 2.49. The van der Waals surface area contributed by atoms with Gasteiger partial charge in [-0.05, 0) is 40.8 Å². The molecule has 0 fully saturated rings. The number of carboxylic acid groups (broad SMARTS) is 1. The van der Waals surface area contributed by atoms with Crippen molar-refractivity contribution in [2.75, 3.05) is 13.1 Å². The molecule has 7 nitrogen and oxygen atoms in total. The molecule has 1 aromatic carbocycles. The number of likely N-dealkylation sites (N-methyl/N-ethyl adjacent to an activating group) is 1. The largest absolute Gasteiger partial charge is 0.478 e. The number of nitrogens with zero attached hydrogens (tertiary/aromatic N) is 1. The molecule has 0 unspecified atom stereocenters. The molecule has 110 valence electrons. The fraction of sp³-hybridized carbons (Fsp3) is 0.273. The van der Waals surface area contributed by atoms with Crippen LogP contribution in [0.15, 0.2) is 23.1 Å². The lowest BCUT2D eigenvalue weighted by Gasteiger charge is -2.19. The lowest BCUT2D eigenvalue weighted by molar-refractivity contribution is -0.118. The van der Waals surface area contributed by atoms with Crippen molar-refractivity contribution in [2.24, 2.45) is 5.73 Å². The van der Waals surface area contributed by atoms with Crippen LogP contribution in [0.1, 0.15) is 17.3 Å². The van der Waals surface area contributed by atoms with Gasteiger partial charge in [0.15, 0.2) is 0 Å². The number of rotatable bonds is 6. The Morgan fingerprint density at radius 2 is 2.00 bits per heavy atom. The Hall–Kier alpha value is -1.20. The monoisotopic (exact) mass is 412 g/mol. The second-order valence-electron chi connectivity index (χ2n) is 3.84. The van der Waals surface area contributed by atoms with Gasteiger partial charge < -0.3 is 10.8 Å². The van der Waals surface area contributed by atoms with Crippen molar-refractivity contribution in [1.82, 2.24) is 4.31 Å². The van der Waals surface area contributed by atoms with Gasteiger partial charge in [-0.25, -0.2) is 13.2 Å². The summed E-state index contributed by atoms with van der Waals surface area (Å²) >= 11 is 1.80. The highest BCUT2D eigenvalue weighted by Crippen LogP contribution is 2.21. The van der Waals surface area contributed by atoms with Crippen molar-refractivity contribution < 1.29 is 23.1 Å². The van der Waals surface area contributed by atoms with Gasteiger partial charge in [-0.1, -0.05) is 6.92 Å². The Kier molecular flexibility index (Phi) is 5.48. The van der Waals surface area contributed by atoms with E-state index in [0.29, 0.717) is 3.57 Å². The van der Waals surface area contributed by atoms with Crippen molar-refractivity contribution in [2.45, 2.75) is 11.8 Å². The smallest absolute Gasteiger partial charge is 0.336 e. The van der Waals surface area contributed by atoms with Crippen molar-refractivity contribution in [3.8, 4) is 0 Å². The summed E-state index contributed by atoms with van der Waals surface area (Å²) in [5.74, 6) is -2.00. The van der Waals surface area contributed by atoms with Crippen LogP contribution >= 0.6 is 22.6 Å². The molecular formula is C11H13IN2O5S. The van der Waals surface area contributed by atoms with Crippen LogP contribution in [-0.2, 0) is 14.8 Å². The van der Waals surface area contributed by atoms with Crippen LogP contribution < -0.4 is 5.73 Å². The van der Waals surface area contributed by atoms with Gasteiger partial charge in [-0.15, -0.1) is 0 Å². The summed E-state index contributed by atoms with van der Waals surface area (Å²) < 4.78 is 25.9. The maximum atomic E-state index is 12.3. The first kappa shape index (κ1) is 16.9. The van der Waals surface area contributed by atoms with Crippen molar-refractivity contribution in [3.63, 3.8) is 0 Å². The number of carboxylic acids is 1. The average molecular weight is 412 g/mol. The molecule has 0 radical (unpaired) electrons. The van der Waals surface area contributed by atoms with Gasteiger partial charge >= 0.3 is 5.97 Å². The molecule has 1 aromatic rings. The predicted molar refractivity (Wildman–Crippen MR) is 79.7 cm³/mol. The molecule has 0 heterocycles. The number of benzene rings is 1. The normalized spacial score (nSPS) is 11.6. The van der Waals surface area contributed by atoms with Crippen molar-refractivity contribution in [1.29, 1.82) is 0 Å². The summed E-state index contributed by atoms with van der Waals surface area (Å²) in [6, 6.07) is 3.77. The van der Waals surface area contributed by atoms with Crippen molar-refractivity contribution >= 4 is 44.5 Å². The van der Waals surface area contributed by atoms with E-state index in [1.807, 2.05) is 0 Å². The topological polar surface area (TPSA) is 118 Å². The van der Waals surface area contributed by atoms with Gasteiger partial charge in [0.2, 0.25) is 15.9 Å². The van der Waals surface area contributed by atoms with Gasteiger partial charge in [0.05, 0.1) is 17.0 Å². The quantitative estimate of drug-likeness (QED) is 0.660. The average Bonchev–Trinajstić information content (AvgIpc) is 2.35. The second kappa shape index (κ2) is 6.50. The van der Waals surface area contributed by atoms with E-state index >= 15 is 0 Å². The molecule has 0 aliphatic rings. The molecule has 0 aliphatic heterocycles. The number of nitrogens with two attached hydrogens (primary N) is 1. The Balaban J connectivity index is 3.31. The zero-order valence-electron chi connectivity index (χ0n) is 10.5. The minimum Gasteiger partial charge on any atom is -0.478 e. The van der Waals surface area contributed by atoms with E-state index in [2.05, 4.69) is 0 Å². The number of amides is 1. The lowest BCUT2D eigenvalue weighted by Crippen LogP contribution is -2.38. The molecule has 9 heteroatoms. The molecule has 1 rings (SSSR count). The fourth-order valence-corrected chi connectivity index (χ4v) is 3.53. The second-order valence-corrected chi connectivity index (χ2v) is 6.94. The zero-order chi connectivity index (χ0) is 15.5. The van der Waals surface area contributed by atoms with E-state index in [1.165, 1.54) is 12.1 Å². The van der Waals surface area contributed by atoms with Gasteiger partial charge in [0.1, 0.15) is 0 Å². The third kappa shape index (κ3) is 3.67. The molecule has 3 N–H and O–H groups in total. The number of hydrogen-bond acceptors (Lipinski definition) is 4. The number of hydrogen-bond donors (Lipinski definition) is 2. The molecule has 0 aromatic heterocycles. The molecule has 0 saturated heterocycles. The molecule has 0 bridgehead atoms. The summed E-state index contributed by atoms with van der Waals surface area (Å²) in [5.41, 5.74) is 4.90. The standard InChI is InChI=1S/C11H13IN2O5S/c1-2-14(6-10(13)15)20(18,19)7-3-4-9(12)8(5-7)11(16)17/h3-5H,2,6H2,1H3,(H2,13,15)(H,16,17). The van der Waals surface area contributed by atoms with Crippen LogP contribution in [-0.4, -0.2) is 42.8 Å². The lowest BCUT2D eigenvalue weighted by atomic mass is 10.2. The number of sulfonamides is 1. The molecular weight excluding hydrogens is 399 g/mol. The van der Waals surface area contributed by atoms with Gasteiger partial charge in [-0.2, -0.15) is 4.31 Å². The number of primary amides is 1. The molecule has 0 aliphatic carbocycles. The number of carbonyl (C=O) groups is 2. The van der Waals surface area contributed by atoms with E-state index < -0.39 is 28.4 Å². The fourth-order valence-electron chi connectivity index (χ4n) is 1.52. The highest BCUT2D eigenvalue weighted by molar-refractivity contribution is 14.1. The minimum absolute atomic E-state index is 0.0552. The first-order valence-corrected chi connectivity index (χ1v) is 8.03. The van der Waals surface area contributed by atoms with Gasteiger partial charge in [0.25, 0.3) is 0 Å². The number of aromatic carboxylic acids is 1. The Labute approximate surface area is 129 Å². The van der Waals surface area contributed by atoms with E-state index in [4.69, 9.17) is 10.8 Å². The highest BCUT2D eigenvalue weighted by Gasteiger charge is 2.26. The number of halogens is 1. The summed E-state index contributed by atoms with van der Waals surface area (Å²) in [6.07, 6.45) is 0. The maximum Gasteiger partial charge on any atom is 0.336 e. The first-order chi connectivity index (χ1) is 9.20. The zero-order valence-corrected chi connectivity index (χ0v) is 13.5. The molecule has 1 amide bonds. The molecule has 0 atom stereocenters. The summed E-state index contributed by atoms with van der Waals surface area (Å²) in [4.78, 5) is 21.7. The van der Waals surface area contributed by atoms with E-state index in [0.717, 1.165) is 10.4 Å². The predicted octanol–water partition coefficient (Wildman–Crippen LogP) is 0.485. The van der Waals surface area contributed by atoms with Crippen LogP contribution in [0, 0.1) is 3.57 Å². The summed E-state index contributed by atoms with van der Waals surface area (Å²) in [5, 5.41) is 9.01. The van der Waals surface area contributed by atoms with E-state index in [1.54, 1.807) is 29.5 Å². The molecule has 20 heavy (non-hydrogen) atoms. The van der Waals surface area contributed by atoms with Crippen LogP contribution in [0.3, 0.4) is 0 Å². The number of carbonyl (C=O) groups excluding carboxylic acids is 1. The van der Waals surface area contributed by atoms with Crippen LogP contribution in [0.5, 0.6) is 0 Å². The maximum absolute atomic E-state index is 12.3. The van der Waals surface area contributed by atoms with Crippen molar-refractivity contribution in [3.05, 3.63) is 27.3 Å². The minimum atomic E-state index is -3.95. The third-order valence-corrected chi connectivity index (χ3v) is 5.35. The SMILES string of the molecule is CCN(CC(N)=O)S(=O)(=O)c1ccc(I)c(C(=O)O)c1. The summed E-state index contributed by atoms with van der Waals surface area (Å²) in [6.45, 7) is 1.16. The molecule has 0 saturated carbocycles. The van der Waals surface area contributed by atoms with Gasteiger partial charge in [-0.3, -0.25) is 4.79 Å². The first-order valence-electron chi connectivity index (χ1n) is 5.51. The van der Waals surface area contributed by atoms with Gasteiger partial charge in [0, 0.05) is 10.1 Å². The van der Waals surface area contributed by atoms with E-state index in [-0.39, 0.29) is 17.0 Å². The van der Waals surface area contributed by atoms with Crippen LogP contribution in [0.25, 0.3) is 0 Å². The van der Waals surface area contributed by atoms with Crippen LogP contribution in [0.2, 0.25) is 0 Å².